The van der Waals surface area contributed by atoms with Crippen LogP contribution in [-0.4, -0.2) is 187 Å². The number of carbonyl (C=O) groups is 3. The Morgan fingerprint density at radius 1 is 0.442 bits per heavy atom. The number of carboxylic acids is 1. The zero-order valence-corrected chi connectivity index (χ0v) is 87.1. The number of methoxy groups -OCH3 is 2. The van der Waals surface area contributed by atoms with Crippen molar-refractivity contribution in [1.29, 1.82) is 0 Å². The number of esters is 2. The first kappa shape index (κ1) is 101. The van der Waals surface area contributed by atoms with E-state index in [1.54, 1.807) is 48.2 Å². The monoisotopic (exact) mass is 1980 g/mol. The molecule has 138 heavy (non-hydrogen) atoms. The van der Waals surface area contributed by atoms with Crippen molar-refractivity contribution in [2.24, 2.45) is 21.1 Å². The molecule has 9 heterocycles. The summed E-state index contributed by atoms with van der Waals surface area (Å²) < 4.78 is 49.7. The number of aliphatic carboxylic acids is 1. The van der Waals surface area contributed by atoms with E-state index < -0.39 is 53.0 Å². The van der Waals surface area contributed by atoms with Crippen molar-refractivity contribution < 1.29 is 52.6 Å². The largest absolute Gasteiger partial charge is 0.479 e. The van der Waals surface area contributed by atoms with Gasteiger partial charge in [-0.25, -0.2) is 29.3 Å². The van der Waals surface area contributed by atoms with Crippen molar-refractivity contribution in [3.63, 3.8) is 0 Å². The Balaban J connectivity index is 0.000000150. The summed E-state index contributed by atoms with van der Waals surface area (Å²) >= 11 is 23.7. The van der Waals surface area contributed by atoms with Crippen LogP contribution >= 0.6 is 68.8 Å². The fourth-order valence-corrected chi connectivity index (χ4v) is 23.3. The Morgan fingerprint density at radius 2 is 0.754 bits per heavy atom. The highest BCUT2D eigenvalue weighted by atomic mass is 35.5. The molecule has 23 nitrogen and oxygen atoms in total. The van der Waals surface area contributed by atoms with Crippen molar-refractivity contribution in [2.45, 2.75) is 188 Å². The number of hydrogen-bond donors (Lipinski definition) is 2. The molecule has 29 heteroatoms. The number of aryl methyl sites for hydroxylation is 6. The summed E-state index contributed by atoms with van der Waals surface area (Å²) in [6.45, 7) is 36.9. The lowest BCUT2D eigenvalue weighted by molar-refractivity contribution is -0.167. The van der Waals surface area contributed by atoms with E-state index in [0.717, 1.165) is 267 Å². The minimum Gasteiger partial charge on any atom is -0.479 e. The average Bonchev–Trinajstić information content (AvgIpc) is 1.54. The van der Waals surface area contributed by atoms with Crippen LogP contribution in [0.15, 0.2) is 146 Å². The molecule has 3 saturated heterocycles. The SMILES string of the molecule is CCOC(=O)[C@@H](OC(C)(C)C)c1c(C)cc2nc(-c3ccc4c(c3)c(C3CCCN(CCOC)C3)nn4C)sc2c1-c1ccc(Cl)cc1.CCOC(=O)[C@@H](OC(C)(C)C)c1c(C)cc2nc(-c3ccc4c(c3)c(C3CCCNC3)nn4C)sc2c1-c1ccc(Cl)cc1.COCCN1CCCC(c2nn(C)c3ccc(-c4nc5cc(C)c([C@H](OC(C)(C)C)C(=O)O)c(-c6ccc(Cl)cc6)c5s4)cc23)C1. The molecule has 9 aromatic carbocycles. The van der Waals surface area contributed by atoms with Crippen LogP contribution in [0.2, 0.25) is 15.1 Å². The van der Waals surface area contributed by atoms with Crippen LogP contribution in [-0.2, 0) is 68.7 Å². The van der Waals surface area contributed by atoms with Crippen LogP contribution in [0.5, 0.6) is 0 Å². The van der Waals surface area contributed by atoms with E-state index >= 15 is 0 Å². The van der Waals surface area contributed by atoms with Crippen LogP contribution < -0.4 is 5.32 Å². The quantitative estimate of drug-likeness (QED) is 0.0478. The number of rotatable bonds is 26. The number of ether oxygens (including phenoxy) is 7. The maximum absolute atomic E-state index is 13.5. The molecule has 6 aromatic heterocycles. The molecule has 0 saturated carbocycles. The second-order valence-electron chi connectivity index (χ2n) is 39.3. The fourth-order valence-electron chi connectivity index (χ4n) is 19.6. The fraction of sp³-hybridized carbons (Fsp3) is 0.422. The molecule has 15 aromatic rings. The zero-order chi connectivity index (χ0) is 98.1. The molecular weight excluding hydrogens is 1860 g/mol. The summed E-state index contributed by atoms with van der Waals surface area (Å²) in [5.74, 6) is -0.756. The Kier molecular flexibility index (Phi) is 31.3. The van der Waals surface area contributed by atoms with E-state index in [1.807, 2.05) is 211 Å². The smallest absolute Gasteiger partial charge is 0.339 e. The molecule has 0 radical (unpaired) electrons. The number of carbonyl (C=O) groups excluding carboxylic acids is 2. The normalized spacial score (nSPS) is 16.6. The molecule has 0 bridgehead atoms. The summed E-state index contributed by atoms with van der Waals surface area (Å²) in [6, 6.07) is 48.6. The predicted octanol–water partition coefficient (Wildman–Crippen LogP) is 25.3. The van der Waals surface area contributed by atoms with Crippen molar-refractivity contribution in [3.05, 3.63) is 211 Å². The van der Waals surface area contributed by atoms with Gasteiger partial charge in [0.2, 0.25) is 0 Å². The van der Waals surface area contributed by atoms with Gasteiger partial charge in [-0.15, -0.1) is 34.0 Å². The van der Waals surface area contributed by atoms with Crippen molar-refractivity contribution >= 4 is 150 Å². The standard InChI is InChI=1S/C38H45ClN4O4S.C36H41ClN4O4S.C35H39ClN4O3S/c1-8-46-37(44)34(47-38(3,4)5)31-23(2)20-29-35(32(31)24-11-14-27(39)15-12-24)48-36(40-29)25-13-16-30-28(21-25)33(41-42(30)6)26-10-9-17-43(22-26)18-19-45-7;1-21-18-27-33(30(22-9-12-25(37)13-10-22)29(21)32(35(42)43)45-36(2,3)4)46-34(38-27)23-11-14-28-26(19-23)31(39-40(28)5)24-8-7-15-41(20-24)16-17-44-6;1-7-42-34(41)31(43-35(3,4)5)28-20(2)17-26-32(29(28)21-10-13-24(36)14-11-21)44-33(38-26)22-12-15-27-25(18-22)30(39-40(27)6)23-9-8-16-37-19-23/h11-16,20-21,26,34H,8-10,17-19,22H2,1-7H3;9-14,18-19,24,32H,7-8,15-17,20H2,1-6H3,(H,42,43);10-15,17-18,23,31,37H,7-9,16,19H2,1-6H3/t26?,34-;24?,32-;23?,31-/m000/s1. The van der Waals surface area contributed by atoms with Crippen LogP contribution in [0.1, 0.15) is 201 Å². The van der Waals surface area contributed by atoms with E-state index in [-0.39, 0.29) is 13.2 Å². The number of hydrogen-bond acceptors (Lipinski definition) is 22. The molecule has 18 rings (SSSR count). The Bertz CT molecular complexity index is 6960. The van der Waals surface area contributed by atoms with E-state index in [1.165, 1.54) is 10.8 Å². The van der Waals surface area contributed by atoms with Gasteiger partial charge in [0.15, 0.2) is 18.3 Å². The maximum Gasteiger partial charge on any atom is 0.339 e. The van der Waals surface area contributed by atoms with Crippen LogP contribution in [0.3, 0.4) is 0 Å². The number of carboxylic acid groups (broad SMARTS) is 1. The summed E-state index contributed by atoms with van der Waals surface area (Å²) in [5.41, 5.74) is 20.8. The van der Waals surface area contributed by atoms with Gasteiger partial charge in [-0.1, -0.05) is 71.2 Å². The second kappa shape index (κ2) is 42.8. The number of thiazole rings is 3. The minimum absolute atomic E-state index is 0.260. The van der Waals surface area contributed by atoms with E-state index in [2.05, 4.69) is 81.8 Å². The first-order valence-electron chi connectivity index (χ1n) is 47.7. The first-order valence-corrected chi connectivity index (χ1v) is 51.3. The molecule has 3 aliphatic rings. The Morgan fingerprint density at radius 3 is 1.06 bits per heavy atom. The van der Waals surface area contributed by atoms with Gasteiger partial charge in [0, 0.05) is 167 Å². The number of aromatic nitrogens is 9. The predicted molar refractivity (Wildman–Crippen MR) is 561 cm³/mol. The van der Waals surface area contributed by atoms with Crippen LogP contribution in [0, 0.1) is 20.8 Å². The third kappa shape index (κ3) is 22.5. The molecular formula is C109H125Cl3N12O11S3. The van der Waals surface area contributed by atoms with E-state index in [4.69, 9.17) is 98.2 Å². The topological polar surface area (TPSA) is 247 Å². The van der Waals surface area contributed by atoms with Crippen molar-refractivity contribution in [1.82, 2.24) is 59.4 Å². The number of benzene rings is 9. The van der Waals surface area contributed by atoms with Gasteiger partial charge in [0.25, 0.3) is 0 Å². The maximum atomic E-state index is 13.5. The zero-order valence-electron chi connectivity index (χ0n) is 82.4. The first-order chi connectivity index (χ1) is 65.9. The third-order valence-corrected chi connectivity index (χ3v) is 29.8. The second-order valence-corrected chi connectivity index (χ2v) is 43.6. The van der Waals surface area contributed by atoms with E-state index in [0.29, 0.717) is 38.4 Å². The van der Waals surface area contributed by atoms with Crippen molar-refractivity contribution in [2.75, 3.05) is 93.0 Å². The molecule has 3 fully saturated rings. The van der Waals surface area contributed by atoms with E-state index in [9.17, 15) is 19.5 Å². The van der Waals surface area contributed by atoms with Crippen LogP contribution in [0.4, 0.5) is 0 Å². The number of nitrogens with zero attached hydrogens (tertiary/aromatic N) is 11. The van der Waals surface area contributed by atoms with Gasteiger partial charge in [-0.05, 0) is 298 Å². The van der Waals surface area contributed by atoms with Crippen LogP contribution in [0.25, 0.3) is 128 Å². The van der Waals surface area contributed by atoms with Crippen molar-refractivity contribution in [3.8, 4) is 65.1 Å². The van der Waals surface area contributed by atoms with Gasteiger partial charge in [0.05, 0.1) is 108 Å². The molecule has 726 valence electrons. The molecule has 0 spiro atoms. The lowest BCUT2D eigenvalue weighted by Crippen LogP contribution is -2.36. The van der Waals surface area contributed by atoms with Gasteiger partial charge in [0.1, 0.15) is 15.0 Å². The highest BCUT2D eigenvalue weighted by molar-refractivity contribution is 7.23. The summed E-state index contributed by atoms with van der Waals surface area (Å²) in [6.07, 6.45) is 3.80. The minimum atomic E-state index is -1.16. The Labute approximate surface area is 834 Å². The highest BCUT2D eigenvalue weighted by Gasteiger charge is 2.39. The number of halogens is 3. The summed E-state index contributed by atoms with van der Waals surface area (Å²) in [7, 11) is 9.56. The molecule has 6 atom stereocenters. The molecule has 3 aliphatic heterocycles. The van der Waals surface area contributed by atoms with Gasteiger partial charge >= 0.3 is 17.9 Å². The summed E-state index contributed by atoms with van der Waals surface area (Å²) in [4.78, 5) is 60.2. The Hall–Kier alpha value is -9.98. The summed E-state index contributed by atoms with van der Waals surface area (Å²) in [5, 5.41) is 37.0. The lowest BCUT2D eigenvalue weighted by Gasteiger charge is -2.31. The third-order valence-electron chi connectivity index (χ3n) is 25.7. The number of piperidine rings is 3. The number of nitrogens with one attached hydrogen (secondary N) is 1. The molecule has 3 unspecified atom stereocenters. The average molecular weight is 1980 g/mol. The lowest BCUT2D eigenvalue weighted by atomic mass is 9.91. The van der Waals surface area contributed by atoms with Gasteiger partial charge in [-0.2, -0.15) is 15.3 Å². The molecule has 0 aliphatic carbocycles. The number of likely N-dealkylation sites (tertiary alicyclic amines) is 2. The van der Waals surface area contributed by atoms with Gasteiger partial charge < -0.3 is 53.4 Å². The highest BCUT2D eigenvalue weighted by Crippen LogP contribution is 2.51. The van der Waals surface area contributed by atoms with Gasteiger partial charge in [-0.3, -0.25) is 14.0 Å². The number of fused-ring (bicyclic) bond motifs is 6. The molecule has 0 amide bonds. The molecule has 2 N–H and O–H groups in total.